The number of nitrogens with zero attached hydrogens (tertiary/aromatic N) is 2. The van der Waals surface area contributed by atoms with Gasteiger partial charge in [-0.15, -0.1) is 11.8 Å². The fourth-order valence-corrected chi connectivity index (χ4v) is 3.42. The maximum atomic E-state index is 12.0. The van der Waals surface area contributed by atoms with E-state index in [4.69, 9.17) is 4.42 Å². The summed E-state index contributed by atoms with van der Waals surface area (Å²) in [5.41, 5.74) is 0.925. The van der Waals surface area contributed by atoms with Gasteiger partial charge in [0.2, 0.25) is 5.91 Å². The molecule has 2 heterocycles. The molecule has 1 aliphatic rings. The van der Waals surface area contributed by atoms with Crippen LogP contribution in [0.2, 0.25) is 0 Å². The molecule has 0 saturated carbocycles. The van der Waals surface area contributed by atoms with Crippen LogP contribution in [0.3, 0.4) is 0 Å². The molecule has 3 rings (SSSR count). The van der Waals surface area contributed by atoms with E-state index in [9.17, 15) is 14.9 Å². The Morgan fingerprint density at radius 1 is 1.33 bits per heavy atom. The average Bonchev–Trinajstić information content (AvgIpc) is 3.11. The first-order valence-corrected chi connectivity index (χ1v) is 7.38. The van der Waals surface area contributed by atoms with E-state index >= 15 is 0 Å². The Labute approximate surface area is 124 Å². The normalized spacial score (nSPS) is 18.2. The molecule has 1 aromatic heterocycles. The highest BCUT2D eigenvalue weighted by molar-refractivity contribution is 8.00. The molecule has 1 aromatic carbocycles. The summed E-state index contributed by atoms with van der Waals surface area (Å²) < 4.78 is 5.29. The van der Waals surface area contributed by atoms with Crippen molar-refractivity contribution in [2.24, 2.45) is 0 Å². The van der Waals surface area contributed by atoms with E-state index in [0.717, 1.165) is 11.3 Å². The SMILES string of the molecule is O=C1CSC(c2ccc([N+](=O)[O-])cc2)N1Cc1ccco1. The molecule has 1 saturated heterocycles. The minimum atomic E-state index is -0.433. The van der Waals surface area contributed by atoms with Crippen molar-refractivity contribution in [1.82, 2.24) is 4.90 Å². The number of carbonyl (C=O) groups excluding carboxylic acids is 1. The Hall–Kier alpha value is -2.28. The Morgan fingerprint density at radius 2 is 2.10 bits per heavy atom. The largest absolute Gasteiger partial charge is 0.467 e. The molecule has 21 heavy (non-hydrogen) atoms. The lowest BCUT2D eigenvalue weighted by Gasteiger charge is -2.23. The van der Waals surface area contributed by atoms with Gasteiger partial charge in [0.25, 0.3) is 5.69 Å². The third-order valence-electron chi connectivity index (χ3n) is 3.26. The van der Waals surface area contributed by atoms with Gasteiger partial charge in [-0.1, -0.05) is 0 Å². The second-order valence-electron chi connectivity index (χ2n) is 4.61. The van der Waals surface area contributed by atoms with Crippen molar-refractivity contribution in [2.45, 2.75) is 11.9 Å². The lowest BCUT2D eigenvalue weighted by Crippen LogP contribution is -2.27. The van der Waals surface area contributed by atoms with Crippen molar-refractivity contribution >= 4 is 23.4 Å². The number of nitro groups is 1. The molecule has 6 nitrogen and oxygen atoms in total. The highest BCUT2D eigenvalue weighted by Crippen LogP contribution is 2.39. The second kappa shape index (κ2) is 5.61. The quantitative estimate of drug-likeness (QED) is 0.641. The third-order valence-corrected chi connectivity index (χ3v) is 4.52. The van der Waals surface area contributed by atoms with E-state index in [0.29, 0.717) is 12.3 Å². The van der Waals surface area contributed by atoms with Gasteiger partial charge in [0.05, 0.1) is 23.5 Å². The third kappa shape index (κ3) is 2.78. The van der Waals surface area contributed by atoms with E-state index in [1.807, 2.05) is 6.07 Å². The van der Waals surface area contributed by atoms with Gasteiger partial charge in [-0.3, -0.25) is 14.9 Å². The van der Waals surface area contributed by atoms with Crippen molar-refractivity contribution in [1.29, 1.82) is 0 Å². The van der Waals surface area contributed by atoms with Crippen molar-refractivity contribution < 1.29 is 14.1 Å². The molecule has 0 aliphatic carbocycles. The molecule has 1 unspecified atom stereocenters. The molecule has 108 valence electrons. The molecule has 1 amide bonds. The minimum Gasteiger partial charge on any atom is -0.467 e. The molecule has 0 radical (unpaired) electrons. The molecule has 0 N–H and O–H groups in total. The summed E-state index contributed by atoms with van der Waals surface area (Å²) in [6.07, 6.45) is 1.57. The zero-order chi connectivity index (χ0) is 14.8. The van der Waals surface area contributed by atoms with Gasteiger partial charge in [-0.25, -0.2) is 0 Å². The summed E-state index contributed by atoms with van der Waals surface area (Å²) in [4.78, 5) is 24.0. The maximum absolute atomic E-state index is 12.0. The van der Waals surface area contributed by atoms with Crippen LogP contribution in [-0.2, 0) is 11.3 Å². The number of rotatable bonds is 4. The van der Waals surface area contributed by atoms with Crippen LogP contribution < -0.4 is 0 Å². The van der Waals surface area contributed by atoms with Gasteiger partial charge < -0.3 is 9.32 Å². The zero-order valence-corrected chi connectivity index (χ0v) is 11.8. The molecular formula is C14H12N2O4S. The Morgan fingerprint density at radius 3 is 2.71 bits per heavy atom. The number of benzene rings is 1. The lowest BCUT2D eigenvalue weighted by atomic mass is 10.2. The van der Waals surface area contributed by atoms with Crippen LogP contribution in [0.25, 0.3) is 0 Å². The first-order chi connectivity index (χ1) is 10.1. The molecule has 0 spiro atoms. The Bertz CT molecular complexity index is 654. The molecule has 1 aliphatic heterocycles. The smallest absolute Gasteiger partial charge is 0.269 e. The number of amides is 1. The van der Waals surface area contributed by atoms with Crippen LogP contribution >= 0.6 is 11.8 Å². The fraction of sp³-hybridized carbons (Fsp3) is 0.214. The Balaban J connectivity index is 1.82. The predicted octanol–water partition coefficient (Wildman–Crippen LogP) is 2.96. The number of hydrogen-bond acceptors (Lipinski definition) is 5. The van der Waals surface area contributed by atoms with Crippen LogP contribution in [0.15, 0.2) is 47.1 Å². The van der Waals surface area contributed by atoms with Gasteiger partial charge in [0.15, 0.2) is 0 Å². The molecule has 1 atom stereocenters. The van der Waals surface area contributed by atoms with Gasteiger partial charge >= 0.3 is 0 Å². The number of nitro benzene ring substituents is 1. The van der Waals surface area contributed by atoms with Crippen molar-refractivity contribution in [3.05, 3.63) is 64.1 Å². The standard InChI is InChI=1S/C14H12N2O4S/c17-13-9-21-14(15(13)8-12-2-1-7-20-12)10-3-5-11(6-4-10)16(18)19/h1-7,14H,8-9H2. The van der Waals surface area contributed by atoms with Crippen LogP contribution in [0.5, 0.6) is 0 Å². The highest BCUT2D eigenvalue weighted by Gasteiger charge is 2.33. The van der Waals surface area contributed by atoms with Crippen LogP contribution in [0.1, 0.15) is 16.7 Å². The molecular weight excluding hydrogens is 292 g/mol. The summed E-state index contributed by atoms with van der Waals surface area (Å²) in [5, 5.41) is 10.5. The lowest BCUT2D eigenvalue weighted by molar-refractivity contribution is -0.384. The summed E-state index contributed by atoms with van der Waals surface area (Å²) in [5.74, 6) is 1.17. The summed E-state index contributed by atoms with van der Waals surface area (Å²) in [6.45, 7) is 0.403. The predicted molar refractivity (Wildman–Crippen MR) is 77.6 cm³/mol. The van der Waals surface area contributed by atoms with Crippen LogP contribution in [0.4, 0.5) is 5.69 Å². The number of non-ortho nitro benzene ring substituents is 1. The van der Waals surface area contributed by atoms with E-state index in [1.54, 1.807) is 29.4 Å². The molecule has 7 heteroatoms. The first kappa shape index (κ1) is 13.7. The second-order valence-corrected chi connectivity index (χ2v) is 5.68. The summed E-state index contributed by atoms with van der Waals surface area (Å²) in [7, 11) is 0. The van der Waals surface area contributed by atoms with Gasteiger partial charge in [0.1, 0.15) is 11.1 Å². The summed E-state index contributed by atoms with van der Waals surface area (Å²) in [6, 6.07) is 9.92. The molecule has 2 aromatic rings. The summed E-state index contributed by atoms with van der Waals surface area (Å²) >= 11 is 1.51. The zero-order valence-electron chi connectivity index (χ0n) is 11.0. The molecule has 0 bridgehead atoms. The Kier molecular flexibility index (Phi) is 3.66. The first-order valence-electron chi connectivity index (χ1n) is 6.33. The highest BCUT2D eigenvalue weighted by atomic mass is 32.2. The number of thioether (sulfide) groups is 1. The number of furan rings is 1. The van der Waals surface area contributed by atoms with E-state index in [-0.39, 0.29) is 17.0 Å². The van der Waals surface area contributed by atoms with Crippen molar-refractivity contribution in [3.8, 4) is 0 Å². The minimum absolute atomic E-state index is 0.0414. The monoisotopic (exact) mass is 304 g/mol. The average molecular weight is 304 g/mol. The topological polar surface area (TPSA) is 76.6 Å². The van der Waals surface area contributed by atoms with Crippen LogP contribution in [0, 0.1) is 10.1 Å². The van der Waals surface area contributed by atoms with E-state index in [2.05, 4.69) is 0 Å². The molecule has 1 fully saturated rings. The maximum Gasteiger partial charge on any atom is 0.269 e. The number of carbonyl (C=O) groups is 1. The van der Waals surface area contributed by atoms with E-state index in [1.165, 1.54) is 23.9 Å². The van der Waals surface area contributed by atoms with Crippen LogP contribution in [-0.4, -0.2) is 21.5 Å². The van der Waals surface area contributed by atoms with Gasteiger partial charge in [-0.2, -0.15) is 0 Å². The van der Waals surface area contributed by atoms with Crippen molar-refractivity contribution in [3.63, 3.8) is 0 Å². The van der Waals surface area contributed by atoms with Gasteiger partial charge in [0, 0.05) is 12.1 Å². The van der Waals surface area contributed by atoms with Crippen molar-refractivity contribution in [2.75, 3.05) is 5.75 Å². The fourth-order valence-electron chi connectivity index (χ4n) is 2.23. The van der Waals surface area contributed by atoms with E-state index < -0.39 is 4.92 Å². The van der Waals surface area contributed by atoms with Gasteiger partial charge in [-0.05, 0) is 29.8 Å². The number of hydrogen-bond donors (Lipinski definition) is 0.